The number of rotatable bonds is 6. The summed E-state index contributed by atoms with van der Waals surface area (Å²) in [5, 5.41) is 10.1. The van der Waals surface area contributed by atoms with Crippen LogP contribution in [0.1, 0.15) is 46.1 Å². The lowest BCUT2D eigenvalue weighted by Gasteiger charge is -2.15. The largest absolute Gasteiger partial charge is 0.489 e. The first-order valence-corrected chi connectivity index (χ1v) is 9.62. The molecule has 1 aliphatic heterocycles. The summed E-state index contributed by atoms with van der Waals surface area (Å²) < 4.78 is 47.5. The van der Waals surface area contributed by atoms with Crippen LogP contribution in [0.25, 0.3) is 10.9 Å². The molecule has 0 fully saturated rings. The van der Waals surface area contributed by atoms with Gasteiger partial charge in [-0.05, 0) is 48.7 Å². The van der Waals surface area contributed by atoms with E-state index in [4.69, 9.17) is 15.6 Å². The molecule has 162 valence electrons. The Balaban J connectivity index is 1.59. The van der Waals surface area contributed by atoms with Crippen molar-refractivity contribution in [3.05, 3.63) is 64.8 Å². The number of carbonyl (C=O) groups excluding carboxylic acids is 1. The second kappa shape index (κ2) is 7.64. The van der Waals surface area contributed by atoms with Crippen molar-refractivity contribution in [1.29, 1.82) is 0 Å². The molecule has 2 aromatic carbocycles. The second-order valence-electron chi connectivity index (χ2n) is 7.55. The van der Waals surface area contributed by atoms with Crippen LogP contribution in [0.2, 0.25) is 0 Å². The average molecular weight is 432 g/mol. The summed E-state index contributed by atoms with van der Waals surface area (Å²) in [6.07, 6.45) is -3.16. The summed E-state index contributed by atoms with van der Waals surface area (Å²) in [4.78, 5) is 22.5. The van der Waals surface area contributed by atoms with E-state index in [1.807, 2.05) is 16.7 Å². The number of carboxylic acids is 1. The zero-order valence-corrected chi connectivity index (χ0v) is 16.3. The molecule has 1 unspecified atom stereocenters. The molecule has 1 amide bonds. The van der Waals surface area contributed by atoms with Gasteiger partial charge in [-0.2, -0.15) is 13.2 Å². The van der Waals surface area contributed by atoms with E-state index >= 15 is 0 Å². The molecule has 31 heavy (non-hydrogen) atoms. The van der Waals surface area contributed by atoms with Gasteiger partial charge in [0.2, 0.25) is 5.91 Å². The Morgan fingerprint density at radius 3 is 2.61 bits per heavy atom. The fourth-order valence-corrected chi connectivity index (χ4v) is 4.11. The number of amides is 1. The second-order valence-corrected chi connectivity index (χ2v) is 7.55. The van der Waals surface area contributed by atoms with Crippen molar-refractivity contribution < 1.29 is 32.6 Å². The van der Waals surface area contributed by atoms with Crippen LogP contribution in [0.3, 0.4) is 0 Å². The normalized spacial score (nSPS) is 15.8. The van der Waals surface area contributed by atoms with Crippen molar-refractivity contribution in [1.82, 2.24) is 4.57 Å². The molecular weight excluding hydrogens is 413 g/mol. The number of aliphatic carboxylic acids is 1. The summed E-state index contributed by atoms with van der Waals surface area (Å²) in [7, 11) is 0. The van der Waals surface area contributed by atoms with Gasteiger partial charge >= 0.3 is 12.1 Å². The number of ether oxygens (including phenoxy) is 1. The molecular formula is C22H19F3N2O4. The van der Waals surface area contributed by atoms with Crippen molar-refractivity contribution in [3.63, 3.8) is 0 Å². The topological polar surface area (TPSA) is 94.6 Å². The van der Waals surface area contributed by atoms with Gasteiger partial charge in [0.05, 0.1) is 23.1 Å². The number of aryl methyl sites for hydroxylation is 1. The summed E-state index contributed by atoms with van der Waals surface area (Å²) in [6, 6.07) is 10.5. The van der Waals surface area contributed by atoms with Crippen LogP contribution in [-0.4, -0.2) is 21.6 Å². The zero-order chi connectivity index (χ0) is 22.3. The molecule has 0 bridgehead atoms. The van der Waals surface area contributed by atoms with Gasteiger partial charge in [-0.25, -0.2) is 0 Å². The Labute approximate surface area is 175 Å². The molecule has 9 heteroatoms. The number of alkyl halides is 3. The first-order valence-electron chi connectivity index (χ1n) is 9.62. The summed E-state index contributed by atoms with van der Waals surface area (Å²) in [5.74, 6) is -1.57. The van der Waals surface area contributed by atoms with E-state index in [9.17, 15) is 22.8 Å². The number of hydrogen-bond acceptors (Lipinski definition) is 3. The highest BCUT2D eigenvalue weighted by molar-refractivity contribution is 5.94. The Bertz CT molecular complexity index is 1180. The molecule has 3 aromatic rings. The number of hydrogen-bond donors (Lipinski definition) is 2. The molecule has 1 aromatic heterocycles. The maximum atomic E-state index is 13.3. The number of aromatic nitrogens is 1. The number of benzene rings is 2. The maximum Gasteiger partial charge on any atom is 0.417 e. The lowest BCUT2D eigenvalue weighted by atomic mass is 10.0. The third-order valence-corrected chi connectivity index (χ3v) is 5.46. The molecule has 0 saturated heterocycles. The van der Waals surface area contributed by atoms with Crippen LogP contribution >= 0.6 is 0 Å². The van der Waals surface area contributed by atoms with Crippen LogP contribution in [0, 0.1) is 0 Å². The van der Waals surface area contributed by atoms with Gasteiger partial charge in [-0.15, -0.1) is 0 Å². The predicted octanol–water partition coefficient (Wildman–Crippen LogP) is 4.30. The minimum atomic E-state index is -4.72. The van der Waals surface area contributed by atoms with Crippen LogP contribution in [0.15, 0.2) is 42.5 Å². The number of primary amides is 1. The van der Waals surface area contributed by atoms with Gasteiger partial charge < -0.3 is 20.1 Å². The number of halogens is 3. The number of carboxylic acid groups (broad SMARTS) is 1. The van der Waals surface area contributed by atoms with Gasteiger partial charge in [-0.3, -0.25) is 9.59 Å². The monoisotopic (exact) mass is 432 g/mol. The predicted molar refractivity (Wildman–Crippen MR) is 106 cm³/mol. The Morgan fingerprint density at radius 1 is 1.16 bits per heavy atom. The van der Waals surface area contributed by atoms with Crippen LogP contribution in [-0.2, 0) is 24.0 Å². The highest BCUT2D eigenvalue weighted by atomic mass is 19.4. The van der Waals surface area contributed by atoms with Gasteiger partial charge in [-0.1, -0.05) is 6.07 Å². The first kappa shape index (κ1) is 20.8. The SMILES string of the molecule is NC(=O)c1ccc(COc2ccc3cc4n(c3c2)C(CC(=O)O)CC4)cc1C(F)(F)F. The highest BCUT2D eigenvalue weighted by Gasteiger charge is 2.35. The molecule has 0 aliphatic carbocycles. The molecule has 1 atom stereocenters. The molecule has 3 N–H and O–H groups in total. The quantitative estimate of drug-likeness (QED) is 0.607. The summed E-state index contributed by atoms with van der Waals surface area (Å²) in [6.45, 7) is -0.139. The van der Waals surface area contributed by atoms with Crippen molar-refractivity contribution in [2.24, 2.45) is 5.73 Å². The first-order chi connectivity index (χ1) is 14.6. The number of nitrogens with two attached hydrogens (primary N) is 1. The van der Waals surface area contributed by atoms with Crippen molar-refractivity contribution in [3.8, 4) is 5.75 Å². The van der Waals surface area contributed by atoms with E-state index in [1.165, 1.54) is 6.07 Å². The molecule has 0 saturated carbocycles. The standard InChI is InChI=1S/C22H19F3N2O4/c23-22(24,25)18-7-12(1-6-17(18)21(26)30)11-31-16-5-2-13-8-14-3-4-15(9-20(28)29)27(14)19(13)10-16/h1-2,5-8,10,15H,3-4,9,11H2,(H2,26,30)(H,28,29). The van der Waals surface area contributed by atoms with Crippen LogP contribution < -0.4 is 10.5 Å². The van der Waals surface area contributed by atoms with E-state index in [-0.39, 0.29) is 24.6 Å². The molecule has 2 heterocycles. The van der Waals surface area contributed by atoms with Crippen molar-refractivity contribution >= 4 is 22.8 Å². The van der Waals surface area contributed by atoms with E-state index in [2.05, 4.69) is 0 Å². The molecule has 0 spiro atoms. The Morgan fingerprint density at radius 2 is 1.94 bits per heavy atom. The zero-order valence-electron chi connectivity index (χ0n) is 16.3. The summed E-state index contributed by atoms with van der Waals surface area (Å²) >= 11 is 0. The molecule has 0 radical (unpaired) electrons. The van der Waals surface area contributed by atoms with Gasteiger partial charge in [0.1, 0.15) is 12.4 Å². The van der Waals surface area contributed by atoms with E-state index in [0.717, 1.165) is 41.6 Å². The van der Waals surface area contributed by atoms with Crippen LogP contribution in [0.5, 0.6) is 5.75 Å². The fourth-order valence-electron chi connectivity index (χ4n) is 4.11. The number of nitrogens with zero attached hydrogens (tertiary/aromatic N) is 1. The van der Waals surface area contributed by atoms with E-state index < -0.39 is 29.2 Å². The Kier molecular flexibility index (Phi) is 5.12. The third kappa shape index (κ3) is 4.08. The minimum Gasteiger partial charge on any atom is -0.489 e. The fraction of sp³-hybridized carbons (Fsp3) is 0.273. The van der Waals surface area contributed by atoms with Gasteiger partial charge in [0.15, 0.2) is 0 Å². The lowest BCUT2D eigenvalue weighted by Crippen LogP contribution is -2.19. The Hall–Kier alpha value is -3.49. The highest BCUT2D eigenvalue weighted by Crippen LogP contribution is 2.37. The third-order valence-electron chi connectivity index (χ3n) is 5.46. The van der Waals surface area contributed by atoms with Crippen molar-refractivity contribution in [2.75, 3.05) is 0 Å². The maximum absolute atomic E-state index is 13.3. The number of carbonyl (C=O) groups is 2. The number of fused-ring (bicyclic) bond motifs is 3. The van der Waals surface area contributed by atoms with E-state index in [0.29, 0.717) is 5.75 Å². The molecule has 6 nitrogen and oxygen atoms in total. The average Bonchev–Trinajstić information content (AvgIpc) is 3.24. The van der Waals surface area contributed by atoms with Gasteiger partial charge in [0, 0.05) is 23.2 Å². The van der Waals surface area contributed by atoms with E-state index in [1.54, 1.807) is 12.1 Å². The van der Waals surface area contributed by atoms with Gasteiger partial charge in [0.25, 0.3) is 0 Å². The molecule has 4 rings (SSSR count). The summed E-state index contributed by atoms with van der Waals surface area (Å²) in [5.41, 5.74) is 5.47. The smallest absolute Gasteiger partial charge is 0.417 e. The lowest BCUT2D eigenvalue weighted by molar-refractivity contribution is -0.138. The molecule has 1 aliphatic rings. The van der Waals surface area contributed by atoms with Crippen LogP contribution in [0.4, 0.5) is 13.2 Å². The van der Waals surface area contributed by atoms with Crippen molar-refractivity contribution in [2.45, 2.75) is 38.1 Å². The minimum absolute atomic E-state index is 0.0221.